The van der Waals surface area contributed by atoms with Crippen LogP contribution in [0.5, 0.6) is 0 Å². The van der Waals surface area contributed by atoms with Crippen LogP contribution >= 0.6 is 11.8 Å². The number of hydrogen-bond acceptors (Lipinski definition) is 3. The molecule has 0 aliphatic carbocycles. The van der Waals surface area contributed by atoms with E-state index in [1.54, 1.807) is 6.07 Å². The van der Waals surface area contributed by atoms with E-state index in [1.165, 1.54) is 11.8 Å². The molecule has 0 spiro atoms. The van der Waals surface area contributed by atoms with Crippen LogP contribution in [0.1, 0.15) is 18.1 Å². The van der Waals surface area contributed by atoms with Gasteiger partial charge in [0.2, 0.25) is 0 Å². The molecule has 1 atom stereocenters. The van der Waals surface area contributed by atoms with Crippen molar-refractivity contribution in [1.82, 2.24) is 4.90 Å². The van der Waals surface area contributed by atoms with Crippen molar-refractivity contribution in [3.63, 3.8) is 0 Å². The standard InChI is InChI=1S/C13H19FN2S/c1-10-8-16(2-3-17-10)9-12-4-11(7-15)5-13(14)6-12/h4-6,10H,2-3,7-9,15H2,1H3. The van der Waals surface area contributed by atoms with Crippen LogP contribution in [0, 0.1) is 5.82 Å². The Labute approximate surface area is 106 Å². The van der Waals surface area contributed by atoms with E-state index in [9.17, 15) is 4.39 Å². The Kier molecular flexibility index (Phi) is 4.42. The molecule has 1 saturated heterocycles. The van der Waals surface area contributed by atoms with E-state index < -0.39 is 0 Å². The summed E-state index contributed by atoms with van der Waals surface area (Å²) >= 11 is 2.01. The van der Waals surface area contributed by atoms with Crippen LogP contribution in [-0.2, 0) is 13.1 Å². The highest BCUT2D eigenvalue weighted by Crippen LogP contribution is 2.20. The van der Waals surface area contributed by atoms with Gasteiger partial charge in [0.05, 0.1) is 0 Å². The molecule has 0 aromatic heterocycles. The Balaban J connectivity index is 2.04. The van der Waals surface area contributed by atoms with Crippen LogP contribution in [-0.4, -0.2) is 29.0 Å². The van der Waals surface area contributed by atoms with Crippen LogP contribution < -0.4 is 5.73 Å². The van der Waals surface area contributed by atoms with Crippen molar-refractivity contribution in [2.45, 2.75) is 25.3 Å². The van der Waals surface area contributed by atoms with Crippen molar-refractivity contribution in [2.75, 3.05) is 18.8 Å². The SMILES string of the molecule is CC1CN(Cc2cc(F)cc(CN)c2)CCS1. The van der Waals surface area contributed by atoms with Crippen molar-refractivity contribution < 1.29 is 4.39 Å². The predicted molar refractivity (Wildman–Crippen MR) is 71.5 cm³/mol. The lowest BCUT2D eigenvalue weighted by molar-refractivity contribution is 0.278. The summed E-state index contributed by atoms with van der Waals surface area (Å²) in [7, 11) is 0. The Morgan fingerprint density at radius 2 is 2.18 bits per heavy atom. The highest BCUT2D eigenvalue weighted by atomic mass is 32.2. The topological polar surface area (TPSA) is 29.3 Å². The third-order valence-corrected chi connectivity index (χ3v) is 4.12. The molecule has 17 heavy (non-hydrogen) atoms. The van der Waals surface area contributed by atoms with E-state index in [0.29, 0.717) is 11.8 Å². The van der Waals surface area contributed by atoms with Gasteiger partial charge in [-0.15, -0.1) is 0 Å². The van der Waals surface area contributed by atoms with E-state index >= 15 is 0 Å². The molecule has 1 aromatic rings. The molecule has 1 unspecified atom stereocenters. The highest BCUT2D eigenvalue weighted by molar-refractivity contribution is 7.99. The van der Waals surface area contributed by atoms with Gasteiger partial charge in [0.15, 0.2) is 0 Å². The summed E-state index contributed by atoms with van der Waals surface area (Å²) in [6, 6.07) is 5.14. The number of halogens is 1. The number of benzene rings is 1. The first kappa shape index (κ1) is 12.9. The van der Waals surface area contributed by atoms with Gasteiger partial charge in [-0.05, 0) is 23.3 Å². The Morgan fingerprint density at radius 1 is 1.41 bits per heavy atom. The normalized spacial score (nSPS) is 21.7. The van der Waals surface area contributed by atoms with Crippen molar-refractivity contribution >= 4 is 11.8 Å². The van der Waals surface area contributed by atoms with Crippen LogP contribution in [0.2, 0.25) is 0 Å². The molecule has 1 aliphatic rings. The lowest BCUT2D eigenvalue weighted by Crippen LogP contribution is -2.36. The second-order valence-corrected chi connectivity index (χ2v) is 6.13. The van der Waals surface area contributed by atoms with Gasteiger partial charge in [0.25, 0.3) is 0 Å². The minimum absolute atomic E-state index is 0.178. The number of hydrogen-bond donors (Lipinski definition) is 1. The first-order valence-electron chi connectivity index (χ1n) is 6.00. The quantitative estimate of drug-likeness (QED) is 0.897. The first-order valence-corrected chi connectivity index (χ1v) is 7.04. The smallest absolute Gasteiger partial charge is 0.123 e. The minimum Gasteiger partial charge on any atom is -0.326 e. The highest BCUT2D eigenvalue weighted by Gasteiger charge is 2.16. The average molecular weight is 254 g/mol. The van der Waals surface area contributed by atoms with Gasteiger partial charge in [0.1, 0.15) is 5.82 Å². The lowest BCUT2D eigenvalue weighted by Gasteiger charge is -2.30. The summed E-state index contributed by atoms with van der Waals surface area (Å²) in [5, 5.41) is 0.672. The Hall–Kier alpha value is -0.580. The fourth-order valence-electron chi connectivity index (χ4n) is 2.22. The molecule has 0 amide bonds. The number of nitrogens with two attached hydrogens (primary N) is 1. The monoisotopic (exact) mass is 254 g/mol. The minimum atomic E-state index is -0.178. The zero-order chi connectivity index (χ0) is 12.3. The molecule has 1 aromatic carbocycles. The molecule has 0 radical (unpaired) electrons. The maximum Gasteiger partial charge on any atom is 0.123 e. The molecule has 2 N–H and O–H groups in total. The van der Waals surface area contributed by atoms with Crippen LogP contribution in [0.25, 0.3) is 0 Å². The molecule has 2 rings (SSSR count). The third-order valence-electron chi connectivity index (χ3n) is 2.98. The van der Waals surface area contributed by atoms with Crippen molar-refractivity contribution in [3.8, 4) is 0 Å². The summed E-state index contributed by atoms with van der Waals surface area (Å²) in [4.78, 5) is 2.39. The summed E-state index contributed by atoms with van der Waals surface area (Å²) in [6.07, 6.45) is 0. The largest absolute Gasteiger partial charge is 0.326 e. The molecular formula is C13H19FN2S. The summed E-state index contributed by atoms with van der Waals surface area (Å²) in [5.74, 6) is 0.989. The predicted octanol–water partition coefficient (Wildman–Crippen LogP) is 2.22. The van der Waals surface area contributed by atoms with Crippen molar-refractivity contribution in [1.29, 1.82) is 0 Å². The van der Waals surface area contributed by atoms with E-state index in [-0.39, 0.29) is 5.82 Å². The van der Waals surface area contributed by atoms with E-state index in [2.05, 4.69) is 11.8 Å². The van der Waals surface area contributed by atoms with Gasteiger partial charge < -0.3 is 5.73 Å². The van der Waals surface area contributed by atoms with E-state index in [1.807, 2.05) is 17.8 Å². The molecule has 1 aliphatic heterocycles. The molecule has 2 nitrogen and oxygen atoms in total. The second-order valence-electron chi connectivity index (χ2n) is 4.59. The summed E-state index contributed by atoms with van der Waals surface area (Å²) < 4.78 is 13.4. The van der Waals surface area contributed by atoms with Gasteiger partial charge >= 0.3 is 0 Å². The zero-order valence-corrected chi connectivity index (χ0v) is 11.0. The van der Waals surface area contributed by atoms with Crippen molar-refractivity contribution in [3.05, 3.63) is 35.1 Å². The van der Waals surface area contributed by atoms with E-state index in [4.69, 9.17) is 5.73 Å². The number of thioether (sulfide) groups is 1. The van der Waals surface area contributed by atoms with Crippen molar-refractivity contribution in [2.24, 2.45) is 5.73 Å². The molecular weight excluding hydrogens is 235 g/mol. The zero-order valence-electron chi connectivity index (χ0n) is 10.2. The van der Waals surface area contributed by atoms with Gasteiger partial charge in [0, 0.05) is 37.2 Å². The number of nitrogens with zero attached hydrogens (tertiary/aromatic N) is 1. The third kappa shape index (κ3) is 3.69. The fraction of sp³-hybridized carbons (Fsp3) is 0.538. The maximum atomic E-state index is 13.4. The maximum absolute atomic E-state index is 13.4. The molecule has 1 fully saturated rings. The van der Waals surface area contributed by atoms with Gasteiger partial charge in [-0.25, -0.2) is 4.39 Å². The molecule has 1 heterocycles. The van der Waals surface area contributed by atoms with Gasteiger partial charge in [-0.3, -0.25) is 4.90 Å². The molecule has 94 valence electrons. The molecule has 0 saturated carbocycles. The van der Waals surface area contributed by atoms with Gasteiger partial charge in [-0.1, -0.05) is 13.0 Å². The average Bonchev–Trinajstić information content (AvgIpc) is 2.28. The lowest BCUT2D eigenvalue weighted by atomic mass is 10.1. The summed E-state index contributed by atoms with van der Waals surface area (Å²) in [6.45, 7) is 5.64. The van der Waals surface area contributed by atoms with Gasteiger partial charge in [-0.2, -0.15) is 11.8 Å². The first-order chi connectivity index (χ1) is 8.17. The van der Waals surface area contributed by atoms with Crippen LogP contribution in [0.15, 0.2) is 18.2 Å². The second kappa shape index (κ2) is 5.85. The Bertz CT molecular complexity index is 384. The summed E-state index contributed by atoms with van der Waals surface area (Å²) in [5.41, 5.74) is 7.47. The van der Waals surface area contributed by atoms with Crippen LogP contribution in [0.4, 0.5) is 4.39 Å². The van der Waals surface area contributed by atoms with Crippen LogP contribution in [0.3, 0.4) is 0 Å². The Morgan fingerprint density at radius 3 is 2.88 bits per heavy atom. The number of rotatable bonds is 3. The molecule has 4 heteroatoms. The van der Waals surface area contributed by atoms with E-state index in [0.717, 1.165) is 30.8 Å². The molecule has 0 bridgehead atoms. The fourth-order valence-corrected chi connectivity index (χ4v) is 3.30.